The third kappa shape index (κ3) is 4.82. The van der Waals surface area contributed by atoms with Gasteiger partial charge < -0.3 is 5.32 Å². The van der Waals surface area contributed by atoms with Gasteiger partial charge in [0.05, 0.1) is 5.25 Å². The summed E-state index contributed by atoms with van der Waals surface area (Å²) in [7, 11) is 1.37. The molecule has 0 saturated heterocycles. The molecule has 1 unspecified atom stereocenters. The number of halogens is 2. The number of amides is 1. The van der Waals surface area contributed by atoms with Gasteiger partial charge in [0, 0.05) is 19.5 Å². The van der Waals surface area contributed by atoms with E-state index >= 15 is 0 Å². The molecule has 0 spiro atoms. The van der Waals surface area contributed by atoms with Crippen molar-refractivity contribution in [2.24, 2.45) is 7.05 Å². The minimum absolute atomic E-state index is 0.111. The Bertz CT molecular complexity index is 1320. The van der Waals surface area contributed by atoms with Crippen molar-refractivity contribution in [3.05, 3.63) is 56.5 Å². The second-order valence-corrected chi connectivity index (χ2v) is 9.21. The fraction of sp³-hybridized carbons (Fsp3) is 0.409. The van der Waals surface area contributed by atoms with Crippen LogP contribution in [0.2, 0.25) is 0 Å². The smallest absolute Gasteiger partial charge is 0.320 e. The standard InChI is InChI=1S/C22H25F2N5O3S/c1-6-10-29-18-15(21(31)28(5)22(29)32)20(27-17(26-18)11(2)3)33-12(4)19(30)25-16-13(23)8-7-9-14(16)24/h7-9,11-12H,6,10H2,1-5H3,(H,25,30). The molecule has 1 atom stereocenters. The van der Waals surface area contributed by atoms with Crippen LogP contribution in [0.1, 0.15) is 45.9 Å². The number of hydrogen-bond acceptors (Lipinski definition) is 6. The zero-order chi connectivity index (χ0) is 24.4. The third-order valence-electron chi connectivity index (χ3n) is 5.00. The van der Waals surface area contributed by atoms with Crippen LogP contribution in [0.5, 0.6) is 0 Å². The van der Waals surface area contributed by atoms with E-state index in [1.807, 2.05) is 20.8 Å². The molecule has 2 aromatic heterocycles. The predicted molar refractivity (Wildman–Crippen MR) is 124 cm³/mol. The number of aromatic nitrogens is 4. The van der Waals surface area contributed by atoms with Gasteiger partial charge in [-0.3, -0.25) is 18.7 Å². The molecule has 0 aliphatic rings. The average Bonchev–Trinajstić information content (AvgIpc) is 2.77. The van der Waals surface area contributed by atoms with Gasteiger partial charge in [0.2, 0.25) is 5.91 Å². The van der Waals surface area contributed by atoms with E-state index < -0.39 is 39.7 Å². The van der Waals surface area contributed by atoms with Gasteiger partial charge in [0.15, 0.2) is 5.65 Å². The van der Waals surface area contributed by atoms with E-state index in [1.165, 1.54) is 24.6 Å². The molecule has 0 fully saturated rings. The second-order valence-electron chi connectivity index (χ2n) is 7.88. The summed E-state index contributed by atoms with van der Waals surface area (Å²) in [6, 6.07) is 3.28. The molecule has 0 aliphatic heterocycles. The van der Waals surface area contributed by atoms with E-state index in [0.29, 0.717) is 18.8 Å². The Labute approximate surface area is 193 Å². The van der Waals surface area contributed by atoms with Crippen LogP contribution in [0.4, 0.5) is 14.5 Å². The Kier molecular flexibility index (Phi) is 7.31. The summed E-state index contributed by atoms with van der Waals surface area (Å²) < 4.78 is 30.3. The number of rotatable bonds is 7. The Hall–Kier alpha value is -3.08. The normalized spacial score (nSPS) is 12.4. The number of nitrogens with one attached hydrogen (secondary N) is 1. The summed E-state index contributed by atoms with van der Waals surface area (Å²) in [5.41, 5.74) is -1.40. The van der Waals surface area contributed by atoms with E-state index in [9.17, 15) is 23.2 Å². The maximum absolute atomic E-state index is 13.9. The number of hydrogen-bond donors (Lipinski definition) is 1. The van der Waals surface area contributed by atoms with E-state index in [-0.39, 0.29) is 22.0 Å². The molecule has 8 nitrogen and oxygen atoms in total. The Morgan fingerprint density at radius 1 is 1.15 bits per heavy atom. The van der Waals surface area contributed by atoms with Crippen molar-refractivity contribution in [1.82, 2.24) is 19.1 Å². The summed E-state index contributed by atoms with van der Waals surface area (Å²) in [4.78, 5) is 47.4. The first-order valence-corrected chi connectivity index (χ1v) is 11.4. The topological polar surface area (TPSA) is 98.9 Å². The van der Waals surface area contributed by atoms with E-state index in [2.05, 4.69) is 15.3 Å². The highest BCUT2D eigenvalue weighted by atomic mass is 32.2. The fourth-order valence-electron chi connectivity index (χ4n) is 3.19. The maximum atomic E-state index is 13.9. The Morgan fingerprint density at radius 3 is 2.36 bits per heavy atom. The molecule has 3 aromatic rings. The summed E-state index contributed by atoms with van der Waals surface area (Å²) in [5, 5.41) is 1.75. The zero-order valence-corrected chi connectivity index (χ0v) is 19.8. The van der Waals surface area contributed by atoms with Crippen molar-refractivity contribution in [2.75, 3.05) is 5.32 Å². The van der Waals surface area contributed by atoms with Crippen LogP contribution in [-0.2, 0) is 18.4 Å². The lowest BCUT2D eigenvalue weighted by molar-refractivity contribution is -0.115. The van der Waals surface area contributed by atoms with Crippen molar-refractivity contribution < 1.29 is 13.6 Å². The largest absolute Gasteiger partial charge is 0.332 e. The lowest BCUT2D eigenvalue weighted by atomic mass is 10.2. The monoisotopic (exact) mass is 477 g/mol. The first-order chi connectivity index (χ1) is 15.6. The van der Waals surface area contributed by atoms with Crippen molar-refractivity contribution in [1.29, 1.82) is 0 Å². The second kappa shape index (κ2) is 9.82. The summed E-state index contributed by atoms with van der Waals surface area (Å²) in [6.07, 6.45) is 0.643. The van der Waals surface area contributed by atoms with Crippen molar-refractivity contribution >= 4 is 34.4 Å². The van der Waals surface area contributed by atoms with E-state index in [1.54, 1.807) is 0 Å². The van der Waals surface area contributed by atoms with Crippen molar-refractivity contribution in [3.63, 3.8) is 0 Å². The zero-order valence-electron chi connectivity index (χ0n) is 19.0. The number of fused-ring (bicyclic) bond motifs is 1. The average molecular weight is 478 g/mol. The summed E-state index contributed by atoms with van der Waals surface area (Å²) >= 11 is 0.962. The van der Waals surface area contributed by atoms with Gasteiger partial charge in [-0.1, -0.05) is 38.6 Å². The van der Waals surface area contributed by atoms with Gasteiger partial charge in [-0.15, -0.1) is 0 Å². The van der Waals surface area contributed by atoms with Gasteiger partial charge in [0.25, 0.3) is 5.56 Å². The van der Waals surface area contributed by atoms with Gasteiger partial charge >= 0.3 is 5.69 Å². The van der Waals surface area contributed by atoms with Gasteiger partial charge in [0.1, 0.15) is 33.6 Å². The SMILES string of the molecule is CCCn1c(=O)n(C)c(=O)c2c(SC(C)C(=O)Nc3c(F)cccc3F)nc(C(C)C)nc21. The molecule has 0 radical (unpaired) electrons. The lowest BCUT2D eigenvalue weighted by Crippen LogP contribution is -2.39. The number of aryl methyl sites for hydroxylation is 1. The van der Waals surface area contributed by atoms with Crippen LogP contribution < -0.4 is 16.6 Å². The predicted octanol–water partition coefficient (Wildman–Crippen LogP) is 3.42. The minimum atomic E-state index is -0.896. The summed E-state index contributed by atoms with van der Waals surface area (Å²) in [5.74, 6) is -2.16. The van der Waals surface area contributed by atoms with E-state index in [4.69, 9.17) is 0 Å². The molecule has 1 N–H and O–H groups in total. The van der Waals surface area contributed by atoms with Crippen LogP contribution >= 0.6 is 11.8 Å². The lowest BCUT2D eigenvalue weighted by Gasteiger charge is -2.17. The molecule has 3 rings (SSSR count). The molecule has 1 amide bonds. The molecular weight excluding hydrogens is 452 g/mol. The van der Waals surface area contributed by atoms with Gasteiger partial charge in [-0.25, -0.2) is 23.5 Å². The molecule has 2 heterocycles. The molecule has 176 valence electrons. The third-order valence-corrected chi connectivity index (χ3v) is 6.08. The van der Waals surface area contributed by atoms with Crippen molar-refractivity contribution in [2.45, 2.75) is 56.9 Å². The summed E-state index contributed by atoms with van der Waals surface area (Å²) in [6.45, 7) is 7.53. The number of benzene rings is 1. The van der Waals surface area contributed by atoms with Gasteiger partial charge in [-0.2, -0.15) is 0 Å². The molecule has 0 saturated carbocycles. The van der Waals surface area contributed by atoms with Gasteiger partial charge in [-0.05, 0) is 25.5 Å². The Morgan fingerprint density at radius 2 is 1.79 bits per heavy atom. The number of para-hydroxylation sites is 1. The van der Waals surface area contributed by atoms with E-state index in [0.717, 1.165) is 28.5 Å². The number of nitrogens with zero attached hydrogens (tertiary/aromatic N) is 4. The number of carbonyl (C=O) groups is 1. The van der Waals surface area contributed by atoms with Crippen LogP contribution in [0.3, 0.4) is 0 Å². The molecule has 11 heteroatoms. The number of anilines is 1. The van der Waals surface area contributed by atoms with Crippen molar-refractivity contribution in [3.8, 4) is 0 Å². The highest BCUT2D eigenvalue weighted by Crippen LogP contribution is 2.29. The highest BCUT2D eigenvalue weighted by Gasteiger charge is 2.24. The maximum Gasteiger partial charge on any atom is 0.332 e. The number of thioether (sulfide) groups is 1. The first kappa shape index (κ1) is 24.6. The fourth-order valence-corrected chi connectivity index (χ4v) is 4.13. The highest BCUT2D eigenvalue weighted by molar-refractivity contribution is 8.00. The van der Waals surface area contributed by atoms with Crippen LogP contribution in [0.15, 0.2) is 32.8 Å². The van der Waals surface area contributed by atoms with Crippen LogP contribution in [0.25, 0.3) is 11.0 Å². The molecular formula is C22H25F2N5O3S. The number of carbonyl (C=O) groups excluding carboxylic acids is 1. The minimum Gasteiger partial charge on any atom is -0.320 e. The molecule has 1 aromatic carbocycles. The van der Waals surface area contributed by atoms with Crippen LogP contribution in [-0.4, -0.2) is 30.3 Å². The molecule has 0 bridgehead atoms. The molecule has 33 heavy (non-hydrogen) atoms. The molecule has 0 aliphatic carbocycles. The van der Waals surface area contributed by atoms with Crippen LogP contribution in [0, 0.1) is 11.6 Å². The quantitative estimate of drug-likeness (QED) is 0.414. The first-order valence-electron chi connectivity index (χ1n) is 10.5. The Balaban J connectivity index is 2.11.